The van der Waals surface area contributed by atoms with Crippen LogP contribution in [0.2, 0.25) is 0 Å². The Labute approximate surface area is 98.9 Å². The molecule has 0 saturated heterocycles. The van der Waals surface area contributed by atoms with Gasteiger partial charge in [0.15, 0.2) is 0 Å². The van der Waals surface area contributed by atoms with Gasteiger partial charge in [-0.05, 0) is 36.5 Å². The van der Waals surface area contributed by atoms with Gasteiger partial charge in [-0.3, -0.25) is 0 Å². The van der Waals surface area contributed by atoms with E-state index in [1.807, 2.05) is 12.1 Å². The molecular formula is C12H16BrNO. The Balaban J connectivity index is 2.36. The molecule has 2 nitrogen and oxygen atoms in total. The average Bonchev–Trinajstić information content (AvgIpc) is 2.96. The monoisotopic (exact) mass is 269 g/mol. The van der Waals surface area contributed by atoms with Crippen LogP contribution in [0.15, 0.2) is 22.7 Å². The highest BCUT2D eigenvalue weighted by molar-refractivity contribution is 9.10. The van der Waals surface area contributed by atoms with E-state index >= 15 is 0 Å². The molecule has 1 fully saturated rings. The van der Waals surface area contributed by atoms with E-state index in [2.05, 4.69) is 28.9 Å². The smallest absolute Gasteiger partial charge is 0.123 e. The Morgan fingerprint density at radius 3 is 2.67 bits per heavy atom. The molecule has 1 aliphatic rings. The molecule has 0 radical (unpaired) electrons. The Kier molecular flexibility index (Phi) is 2.77. The van der Waals surface area contributed by atoms with E-state index in [1.54, 1.807) is 7.11 Å². The highest BCUT2D eigenvalue weighted by Crippen LogP contribution is 2.54. The van der Waals surface area contributed by atoms with Crippen molar-refractivity contribution < 1.29 is 4.74 Å². The lowest BCUT2D eigenvalue weighted by Crippen LogP contribution is -2.20. The molecule has 0 heterocycles. The van der Waals surface area contributed by atoms with E-state index in [0.29, 0.717) is 0 Å². The third kappa shape index (κ3) is 2.04. The first kappa shape index (κ1) is 11.0. The van der Waals surface area contributed by atoms with Crippen LogP contribution >= 0.6 is 15.9 Å². The van der Waals surface area contributed by atoms with Crippen LogP contribution in [0.3, 0.4) is 0 Å². The first-order valence-electron chi connectivity index (χ1n) is 5.16. The first-order chi connectivity index (χ1) is 7.07. The van der Waals surface area contributed by atoms with Gasteiger partial charge in [0.2, 0.25) is 0 Å². The maximum Gasteiger partial charge on any atom is 0.123 e. The molecule has 1 saturated carbocycles. The minimum atomic E-state index is 0.0740. The molecule has 3 heteroatoms. The predicted octanol–water partition coefficient (Wildman–Crippen LogP) is 3.26. The molecule has 0 aromatic heterocycles. The normalized spacial score (nSPS) is 19.7. The third-order valence-corrected chi connectivity index (χ3v) is 3.81. The van der Waals surface area contributed by atoms with E-state index in [4.69, 9.17) is 10.5 Å². The molecule has 2 rings (SSSR count). The fourth-order valence-corrected chi connectivity index (χ4v) is 2.21. The zero-order chi connectivity index (χ0) is 11.1. The second kappa shape index (κ2) is 3.80. The number of benzene rings is 1. The molecule has 82 valence electrons. The van der Waals surface area contributed by atoms with E-state index < -0.39 is 0 Å². The van der Waals surface area contributed by atoms with Gasteiger partial charge in [-0.25, -0.2) is 0 Å². The SMILES string of the molecule is COc1ccc(Br)cc1C(N)C1(C)CC1. The minimum Gasteiger partial charge on any atom is -0.496 e. The lowest BCUT2D eigenvalue weighted by atomic mass is 9.92. The van der Waals surface area contributed by atoms with E-state index in [0.717, 1.165) is 15.8 Å². The Bertz CT molecular complexity index is 374. The van der Waals surface area contributed by atoms with E-state index in [9.17, 15) is 0 Å². The van der Waals surface area contributed by atoms with Crippen LogP contribution in [-0.2, 0) is 0 Å². The zero-order valence-corrected chi connectivity index (χ0v) is 10.7. The van der Waals surface area contributed by atoms with Crippen LogP contribution in [0.5, 0.6) is 5.75 Å². The molecule has 0 amide bonds. The first-order valence-corrected chi connectivity index (χ1v) is 5.95. The van der Waals surface area contributed by atoms with Crippen molar-refractivity contribution >= 4 is 15.9 Å². The van der Waals surface area contributed by atoms with Crippen molar-refractivity contribution in [3.8, 4) is 5.75 Å². The number of hydrogen-bond acceptors (Lipinski definition) is 2. The molecular weight excluding hydrogens is 254 g/mol. The Morgan fingerprint density at radius 1 is 1.47 bits per heavy atom. The standard InChI is InChI=1S/C12H16BrNO/c1-12(5-6-12)11(14)9-7-8(13)3-4-10(9)15-2/h3-4,7,11H,5-6,14H2,1-2H3. The maximum atomic E-state index is 6.28. The van der Waals surface area contributed by atoms with Crippen LogP contribution in [0, 0.1) is 5.41 Å². The van der Waals surface area contributed by atoms with Gasteiger partial charge in [-0.15, -0.1) is 0 Å². The molecule has 1 aliphatic carbocycles. The lowest BCUT2D eigenvalue weighted by molar-refractivity contribution is 0.385. The quantitative estimate of drug-likeness (QED) is 0.915. The molecule has 0 aliphatic heterocycles. The van der Waals surface area contributed by atoms with Crippen LogP contribution in [0.4, 0.5) is 0 Å². The summed E-state index contributed by atoms with van der Waals surface area (Å²) in [5.41, 5.74) is 7.65. The summed E-state index contributed by atoms with van der Waals surface area (Å²) in [4.78, 5) is 0. The van der Waals surface area contributed by atoms with Crippen molar-refractivity contribution in [3.63, 3.8) is 0 Å². The summed E-state index contributed by atoms with van der Waals surface area (Å²) in [5.74, 6) is 0.888. The molecule has 0 bridgehead atoms. The zero-order valence-electron chi connectivity index (χ0n) is 9.09. The number of hydrogen-bond donors (Lipinski definition) is 1. The highest BCUT2D eigenvalue weighted by Gasteiger charge is 2.44. The molecule has 15 heavy (non-hydrogen) atoms. The summed E-state index contributed by atoms with van der Waals surface area (Å²) in [6, 6.07) is 6.08. The van der Waals surface area contributed by atoms with Crippen molar-refractivity contribution in [2.24, 2.45) is 11.1 Å². The lowest BCUT2D eigenvalue weighted by Gasteiger charge is -2.21. The molecule has 2 N–H and O–H groups in total. The maximum absolute atomic E-state index is 6.28. The minimum absolute atomic E-state index is 0.0740. The largest absolute Gasteiger partial charge is 0.496 e. The van der Waals surface area contributed by atoms with Crippen LogP contribution < -0.4 is 10.5 Å². The summed E-state index contributed by atoms with van der Waals surface area (Å²) in [5, 5.41) is 0. The number of nitrogens with two attached hydrogens (primary N) is 1. The second-order valence-electron chi connectivity index (χ2n) is 4.52. The Morgan fingerprint density at radius 2 is 2.13 bits per heavy atom. The van der Waals surface area contributed by atoms with Crippen LogP contribution in [0.1, 0.15) is 31.4 Å². The highest BCUT2D eigenvalue weighted by atomic mass is 79.9. The summed E-state index contributed by atoms with van der Waals surface area (Å²) < 4.78 is 6.40. The van der Waals surface area contributed by atoms with Crippen LogP contribution in [-0.4, -0.2) is 7.11 Å². The van der Waals surface area contributed by atoms with Gasteiger partial charge >= 0.3 is 0 Å². The van der Waals surface area contributed by atoms with Crippen molar-refractivity contribution in [2.75, 3.05) is 7.11 Å². The predicted molar refractivity (Wildman–Crippen MR) is 65.0 cm³/mol. The summed E-state index contributed by atoms with van der Waals surface area (Å²) in [6.07, 6.45) is 2.42. The van der Waals surface area contributed by atoms with Gasteiger partial charge in [-0.1, -0.05) is 22.9 Å². The second-order valence-corrected chi connectivity index (χ2v) is 5.43. The van der Waals surface area contributed by atoms with Gasteiger partial charge in [0.25, 0.3) is 0 Å². The third-order valence-electron chi connectivity index (χ3n) is 3.32. The number of rotatable bonds is 3. The van der Waals surface area contributed by atoms with Gasteiger partial charge in [0.05, 0.1) is 7.11 Å². The van der Waals surface area contributed by atoms with Gasteiger partial charge in [-0.2, -0.15) is 0 Å². The van der Waals surface area contributed by atoms with E-state index in [-0.39, 0.29) is 11.5 Å². The molecule has 0 spiro atoms. The summed E-state index contributed by atoms with van der Waals surface area (Å²) in [6.45, 7) is 2.23. The van der Waals surface area contributed by atoms with Crippen molar-refractivity contribution in [2.45, 2.75) is 25.8 Å². The fraction of sp³-hybridized carbons (Fsp3) is 0.500. The van der Waals surface area contributed by atoms with Gasteiger partial charge < -0.3 is 10.5 Å². The van der Waals surface area contributed by atoms with Gasteiger partial charge in [0, 0.05) is 16.1 Å². The number of halogens is 1. The summed E-state index contributed by atoms with van der Waals surface area (Å²) >= 11 is 3.47. The van der Waals surface area contributed by atoms with Crippen molar-refractivity contribution in [3.05, 3.63) is 28.2 Å². The fourth-order valence-electron chi connectivity index (χ4n) is 1.83. The topological polar surface area (TPSA) is 35.2 Å². The average molecular weight is 270 g/mol. The molecule has 1 atom stereocenters. The molecule has 1 aromatic rings. The van der Waals surface area contributed by atoms with Crippen molar-refractivity contribution in [1.82, 2.24) is 0 Å². The van der Waals surface area contributed by atoms with E-state index in [1.165, 1.54) is 12.8 Å². The number of ether oxygens (including phenoxy) is 1. The van der Waals surface area contributed by atoms with Crippen molar-refractivity contribution in [1.29, 1.82) is 0 Å². The van der Waals surface area contributed by atoms with Crippen LogP contribution in [0.25, 0.3) is 0 Å². The molecule has 1 aromatic carbocycles. The molecule has 1 unspecified atom stereocenters. The number of methoxy groups -OCH3 is 1. The summed E-state index contributed by atoms with van der Waals surface area (Å²) in [7, 11) is 1.69. The van der Waals surface area contributed by atoms with Gasteiger partial charge in [0.1, 0.15) is 5.75 Å². The Hall–Kier alpha value is -0.540.